The molecule has 0 unspecified atom stereocenters. The average molecular weight is 272 g/mol. The van der Waals surface area contributed by atoms with Crippen molar-refractivity contribution < 1.29 is 4.79 Å². The van der Waals surface area contributed by atoms with Crippen LogP contribution in [0.5, 0.6) is 0 Å². The maximum Gasteiger partial charge on any atom is 0.217 e. The Morgan fingerprint density at radius 1 is 1.44 bits per heavy atom. The number of thioether (sulfide) groups is 1. The fourth-order valence-electron chi connectivity index (χ4n) is 2.42. The van der Waals surface area contributed by atoms with Crippen LogP contribution in [0, 0.1) is 5.92 Å². The zero-order chi connectivity index (χ0) is 13.6. The zero-order valence-corrected chi connectivity index (χ0v) is 12.9. The number of carbonyl (C=O) groups excluding carboxylic acids is 1. The summed E-state index contributed by atoms with van der Waals surface area (Å²) in [5, 5.41) is 0. The minimum absolute atomic E-state index is 0.157. The first-order valence-electron chi connectivity index (χ1n) is 7.01. The minimum atomic E-state index is -0.157. The summed E-state index contributed by atoms with van der Waals surface area (Å²) in [5.74, 6) is 1.72. The molecule has 4 heteroatoms. The number of primary amides is 1. The van der Waals surface area contributed by atoms with Crippen molar-refractivity contribution in [1.29, 1.82) is 0 Å². The van der Waals surface area contributed by atoms with Gasteiger partial charge in [-0.3, -0.25) is 4.79 Å². The predicted molar refractivity (Wildman–Crippen MR) is 79.8 cm³/mol. The van der Waals surface area contributed by atoms with E-state index in [0.717, 1.165) is 13.0 Å². The van der Waals surface area contributed by atoms with Gasteiger partial charge in [-0.1, -0.05) is 20.8 Å². The van der Waals surface area contributed by atoms with Crippen LogP contribution in [0.1, 0.15) is 46.5 Å². The van der Waals surface area contributed by atoms with Crippen LogP contribution in [0.3, 0.4) is 0 Å². The number of carbonyl (C=O) groups is 1. The Balaban J connectivity index is 2.20. The van der Waals surface area contributed by atoms with Gasteiger partial charge in [0.25, 0.3) is 0 Å². The van der Waals surface area contributed by atoms with E-state index in [9.17, 15) is 4.79 Å². The molecule has 0 spiro atoms. The lowest BCUT2D eigenvalue weighted by Gasteiger charge is -2.33. The van der Waals surface area contributed by atoms with Crippen molar-refractivity contribution in [2.24, 2.45) is 11.7 Å². The number of piperidine rings is 1. The van der Waals surface area contributed by atoms with Crippen molar-refractivity contribution in [3.05, 3.63) is 0 Å². The van der Waals surface area contributed by atoms with Gasteiger partial charge in [0.05, 0.1) is 0 Å². The van der Waals surface area contributed by atoms with Gasteiger partial charge >= 0.3 is 0 Å². The minimum Gasteiger partial charge on any atom is -0.370 e. The monoisotopic (exact) mass is 272 g/mol. The molecule has 1 aliphatic rings. The van der Waals surface area contributed by atoms with Crippen LogP contribution in [-0.4, -0.2) is 40.9 Å². The molecule has 0 aromatic rings. The van der Waals surface area contributed by atoms with E-state index in [-0.39, 0.29) is 5.91 Å². The molecule has 0 aliphatic carbocycles. The Kier molecular flexibility index (Phi) is 6.50. The highest BCUT2D eigenvalue weighted by molar-refractivity contribution is 8.00. The van der Waals surface area contributed by atoms with E-state index in [0.29, 0.717) is 17.1 Å². The molecule has 18 heavy (non-hydrogen) atoms. The van der Waals surface area contributed by atoms with Crippen LogP contribution in [0.25, 0.3) is 0 Å². The summed E-state index contributed by atoms with van der Waals surface area (Å²) in [7, 11) is 0. The first-order chi connectivity index (χ1) is 8.37. The van der Waals surface area contributed by atoms with E-state index in [1.54, 1.807) is 0 Å². The van der Waals surface area contributed by atoms with Crippen LogP contribution in [0.4, 0.5) is 0 Å². The standard InChI is InChI=1S/C14H28N2OS/c1-14(2,3)18-10-9-16-8-4-5-12(11-16)6-7-13(15)17/h12H,4-11H2,1-3H3,(H2,15,17)/t12-/m0/s1. The third-order valence-corrected chi connectivity index (χ3v) is 4.60. The second-order valence-corrected chi connectivity index (χ2v) is 8.20. The lowest BCUT2D eigenvalue weighted by Crippen LogP contribution is -2.37. The molecule has 1 saturated heterocycles. The Bertz CT molecular complexity index is 263. The van der Waals surface area contributed by atoms with Gasteiger partial charge < -0.3 is 10.6 Å². The normalized spacial score (nSPS) is 22.1. The van der Waals surface area contributed by atoms with Crippen LogP contribution in [-0.2, 0) is 4.79 Å². The van der Waals surface area contributed by atoms with Crippen LogP contribution in [0.15, 0.2) is 0 Å². The predicted octanol–water partition coefficient (Wildman–Crippen LogP) is 2.50. The summed E-state index contributed by atoms with van der Waals surface area (Å²) in [6.45, 7) is 10.3. The Hall–Kier alpha value is -0.220. The number of hydrogen-bond acceptors (Lipinski definition) is 3. The Morgan fingerprint density at radius 3 is 2.78 bits per heavy atom. The van der Waals surface area contributed by atoms with E-state index in [1.807, 2.05) is 11.8 Å². The fraction of sp³-hybridized carbons (Fsp3) is 0.929. The van der Waals surface area contributed by atoms with Gasteiger partial charge in [0.2, 0.25) is 5.91 Å². The quantitative estimate of drug-likeness (QED) is 0.808. The van der Waals surface area contributed by atoms with Crippen molar-refractivity contribution in [2.75, 3.05) is 25.4 Å². The molecule has 1 atom stereocenters. The maximum absolute atomic E-state index is 10.8. The highest BCUT2D eigenvalue weighted by Gasteiger charge is 2.20. The molecule has 3 nitrogen and oxygen atoms in total. The molecule has 1 heterocycles. The molecule has 1 amide bonds. The molecule has 106 valence electrons. The zero-order valence-electron chi connectivity index (χ0n) is 12.1. The van der Waals surface area contributed by atoms with E-state index in [4.69, 9.17) is 5.73 Å². The number of nitrogens with two attached hydrogens (primary N) is 1. The molecule has 0 saturated carbocycles. The van der Waals surface area contributed by atoms with Crippen molar-refractivity contribution in [1.82, 2.24) is 4.90 Å². The third kappa shape index (κ3) is 7.27. The van der Waals surface area contributed by atoms with Gasteiger partial charge in [0, 0.05) is 30.0 Å². The molecular weight excluding hydrogens is 244 g/mol. The molecule has 0 radical (unpaired) electrons. The lowest BCUT2D eigenvalue weighted by atomic mass is 9.93. The summed E-state index contributed by atoms with van der Waals surface area (Å²) >= 11 is 2.03. The lowest BCUT2D eigenvalue weighted by molar-refractivity contribution is -0.118. The van der Waals surface area contributed by atoms with E-state index in [2.05, 4.69) is 25.7 Å². The number of nitrogens with zero attached hydrogens (tertiary/aromatic N) is 1. The molecule has 0 aromatic heterocycles. The fourth-order valence-corrected chi connectivity index (χ4v) is 3.38. The number of likely N-dealkylation sites (tertiary alicyclic amines) is 1. The summed E-state index contributed by atoms with van der Waals surface area (Å²) in [6, 6.07) is 0. The molecule has 0 bridgehead atoms. The topological polar surface area (TPSA) is 46.3 Å². The van der Waals surface area contributed by atoms with Crippen molar-refractivity contribution >= 4 is 17.7 Å². The molecule has 2 N–H and O–H groups in total. The van der Waals surface area contributed by atoms with Crippen LogP contribution < -0.4 is 5.73 Å². The van der Waals surface area contributed by atoms with Crippen LogP contribution in [0.2, 0.25) is 0 Å². The average Bonchev–Trinajstić information content (AvgIpc) is 2.25. The SMILES string of the molecule is CC(C)(C)SCCN1CCC[C@@H](CCC(N)=O)C1. The molecule has 0 aromatic carbocycles. The Morgan fingerprint density at radius 2 is 2.17 bits per heavy atom. The number of hydrogen-bond donors (Lipinski definition) is 1. The van der Waals surface area contributed by atoms with Crippen molar-refractivity contribution in [3.63, 3.8) is 0 Å². The van der Waals surface area contributed by atoms with Crippen molar-refractivity contribution in [2.45, 2.75) is 51.2 Å². The smallest absolute Gasteiger partial charge is 0.217 e. The maximum atomic E-state index is 10.8. The summed E-state index contributed by atoms with van der Waals surface area (Å²) in [5.41, 5.74) is 5.22. The summed E-state index contributed by atoms with van der Waals surface area (Å²) in [6.07, 6.45) is 4.05. The highest BCUT2D eigenvalue weighted by Crippen LogP contribution is 2.25. The van der Waals surface area contributed by atoms with E-state index >= 15 is 0 Å². The van der Waals surface area contributed by atoms with E-state index < -0.39 is 0 Å². The molecule has 1 fully saturated rings. The largest absolute Gasteiger partial charge is 0.370 e. The Labute approximate surface area is 116 Å². The van der Waals surface area contributed by atoms with Gasteiger partial charge in [-0.2, -0.15) is 11.8 Å². The second-order valence-electron chi connectivity index (χ2n) is 6.27. The van der Waals surface area contributed by atoms with Gasteiger partial charge in [-0.25, -0.2) is 0 Å². The third-order valence-electron chi connectivity index (χ3n) is 3.34. The summed E-state index contributed by atoms with van der Waals surface area (Å²) in [4.78, 5) is 13.4. The number of amides is 1. The van der Waals surface area contributed by atoms with Crippen molar-refractivity contribution in [3.8, 4) is 0 Å². The van der Waals surface area contributed by atoms with Gasteiger partial charge in [-0.15, -0.1) is 0 Å². The van der Waals surface area contributed by atoms with E-state index in [1.165, 1.54) is 31.7 Å². The molecule has 1 rings (SSSR count). The van der Waals surface area contributed by atoms with Gasteiger partial charge in [-0.05, 0) is 31.7 Å². The molecule has 1 aliphatic heterocycles. The summed E-state index contributed by atoms with van der Waals surface area (Å²) < 4.78 is 0.362. The first-order valence-corrected chi connectivity index (χ1v) is 8.00. The first kappa shape index (κ1) is 15.8. The number of rotatable bonds is 6. The second kappa shape index (κ2) is 7.39. The van der Waals surface area contributed by atoms with Crippen LogP contribution >= 0.6 is 11.8 Å². The van der Waals surface area contributed by atoms with Gasteiger partial charge in [0.15, 0.2) is 0 Å². The highest BCUT2D eigenvalue weighted by atomic mass is 32.2. The van der Waals surface area contributed by atoms with Gasteiger partial charge in [0.1, 0.15) is 0 Å². The molecular formula is C14H28N2OS.